The van der Waals surface area contributed by atoms with Gasteiger partial charge in [0, 0.05) is 17.7 Å². The fraction of sp³-hybridized carbons (Fsp3) is 0.0667. The van der Waals surface area contributed by atoms with Crippen LogP contribution in [0, 0.1) is 0 Å². The molecule has 0 radical (unpaired) electrons. The van der Waals surface area contributed by atoms with Crippen LogP contribution in [-0.4, -0.2) is 18.9 Å². The number of nitrogens with one attached hydrogen (secondary N) is 2. The smallest absolute Gasteiger partial charge is 0.254 e. The average Bonchev–Trinajstić information content (AvgIpc) is 2.55. The summed E-state index contributed by atoms with van der Waals surface area (Å²) in [5.41, 5.74) is 2.40. The van der Waals surface area contributed by atoms with Gasteiger partial charge in [0.25, 0.3) is 21.5 Å². The Bertz CT molecular complexity index is 858. The number of pyridine rings is 1. The van der Waals surface area contributed by atoms with Crippen LogP contribution in [0.4, 0.5) is 0 Å². The van der Waals surface area contributed by atoms with E-state index in [-0.39, 0.29) is 12.1 Å². The molecule has 120 valence electrons. The molecule has 2 N–H and O–H groups in total. The van der Waals surface area contributed by atoms with Gasteiger partial charge in [-0.2, -0.15) is 0 Å². The quantitative estimate of drug-likeness (QED) is 0.751. The van der Waals surface area contributed by atoms with Crippen LogP contribution in [-0.2, 0) is 21.4 Å². The number of hydrazine groups is 1. The highest BCUT2D eigenvalue weighted by atomic mass is 32.2. The minimum Gasteiger partial charge on any atom is -0.306 e. The molecule has 1 heterocycles. The Morgan fingerprint density at radius 1 is 1.09 bits per heavy atom. The molecular formula is C15H15N3O4S. The molecule has 1 aromatic heterocycles. The van der Waals surface area contributed by atoms with E-state index in [1.165, 1.54) is 18.3 Å². The zero-order valence-corrected chi connectivity index (χ0v) is 12.9. The van der Waals surface area contributed by atoms with Crippen molar-refractivity contribution in [1.29, 1.82) is 0 Å². The third kappa shape index (κ3) is 5.53. The molecule has 7 nitrogen and oxygen atoms in total. The lowest BCUT2D eigenvalue weighted by Crippen LogP contribution is -2.43. The Hall–Kier alpha value is -2.71. The number of carbonyl (C=O) groups is 1. The highest BCUT2D eigenvalue weighted by Gasteiger charge is 2.08. The van der Waals surface area contributed by atoms with Crippen LogP contribution in [0.5, 0.6) is 0 Å². The van der Waals surface area contributed by atoms with Crippen LogP contribution >= 0.6 is 0 Å². The van der Waals surface area contributed by atoms with E-state index in [1.807, 2.05) is 16.3 Å². The number of rotatable bonds is 6. The van der Waals surface area contributed by atoms with Crippen LogP contribution in [0.2, 0.25) is 0 Å². The first-order valence-corrected chi connectivity index (χ1v) is 8.20. The predicted molar refractivity (Wildman–Crippen MR) is 86.4 cm³/mol. The van der Waals surface area contributed by atoms with Crippen molar-refractivity contribution in [3.05, 3.63) is 76.1 Å². The molecule has 1 amide bonds. The van der Waals surface area contributed by atoms with Crippen molar-refractivity contribution in [2.45, 2.75) is 6.54 Å². The Morgan fingerprint density at radius 2 is 1.78 bits per heavy atom. The second-order valence-electron chi connectivity index (χ2n) is 4.58. The van der Waals surface area contributed by atoms with E-state index < -0.39 is 15.9 Å². The van der Waals surface area contributed by atoms with Gasteiger partial charge < -0.3 is 4.57 Å². The van der Waals surface area contributed by atoms with Crippen molar-refractivity contribution in [2.24, 2.45) is 0 Å². The number of aromatic nitrogens is 1. The number of hydrogen-bond donors (Lipinski definition) is 2. The lowest BCUT2D eigenvalue weighted by Gasteiger charge is -2.07. The van der Waals surface area contributed by atoms with Gasteiger partial charge in [-0.05, 0) is 17.7 Å². The number of carbonyl (C=O) groups excluding carboxylic acids is 1. The molecule has 23 heavy (non-hydrogen) atoms. The third-order valence-electron chi connectivity index (χ3n) is 2.78. The maximum absolute atomic E-state index is 11.7. The monoisotopic (exact) mass is 333 g/mol. The Kier molecular flexibility index (Phi) is 5.45. The van der Waals surface area contributed by atoms with Crippen molar-refractivity contribution in [2.75, 3.05) is 0 Å². The van der Waals surface area contributed by atoms with Gasteiger partial charge in [-0.15, -0.1) is 4.83 Å². The summed E-state index contributed by atoms with van der Waals surface area (Å²) in [5, 5.41) is 0.942. The number of benzene rings is 1. The molecule has 0 saturated carbocycles. The van der Waals surface area contributed by atoms with Crippen molar-refractivity contribution in [3.8, 4) is 0 Å². The first-order valence-electron chi connectivity index (χ1n) is 6.65. The lowest BCUT2D eigenvalue weighted by atomic mass is 10.2. The summed E-state index contributed by atoms with van der Waals surface area (Å²) in [6, 6.07) is 13.3. The van der Waals surface area contributed by atoms with Crippen molar-refractivity contribution < 1.29 is 13.2 Å². The van der Waals surface area contributed by atoms with E-state index in [0.29, 0.717) is 5.56 Å². The summed E-state index contributed by atoms with van der Waals surface area (Å²) in [6.07, 6.45) is 2.84. The fourth-order valence-electron chi connectivity index (χ4n) is 1.68. The molecule has 0 aliphatic carbocycles. The van der Waals surface area contributed by atoms with Crippen LogP contribution < -0.4 is 15.8 Å². The lowest BCUT2D eigenvalue weighted by molar-refractivity contribution is -0.122. The molecule has 2 aromatic rings. The third-order valence-corrected chi connectivity index (χ3v) is 3.67. The molecule has 8 heteroatoms. The van der Waals surface area contributed by atoms with Gasteiger partial charge in [-0.3, -0.25) is 15.0 Å². The summed E-state index contributed by atoms with van der Waals surface area (Å²) >= 11 is 0. The second kappa shape index (κ2) is 7.52. The zero-order valence-electron chi connectivity index (χ0n) is 12.0. The number of nitrogens with zero attached hydrogens (tertiary/aromatic N) is 1. The van der Waals surface area contributed by atoms with Gasteiger partial charge in [0.1, 0.15) is 6.54 Å². The predicted octanol–water partition coefficient (Wildman–Crippen LogP) is 0.470. The SMILES string of the molecule is O=C(Cn1ccccc1=O)NNS(=O)(=O)/C=C/c1ccccc1. The normalized spacial score (nSPS) is 11.5. The first-order chi connectivity index (χ1) is 11.0. The fourth-order valence-corrected chi connectivity index (χ4v) is 2.34. The molecule has 0 fully saturated rings. The second-order valence-corrected chi connectivity index (χ2v) is 6.14. The largest absolute Gasteiger partial charge is 0.306 e. The minimum atomic E-state index is -3.83. The number of hydrogen-bond acceptors (Lipinski definition) is 4. The van der Waals surface area contributed by atoms with Crippen LogP contribution in [0.3, 0.4) is 0 Å². The minimum absolute atomic E-state index is 0.287. The van der Waals surface area contributed by atoms with Gasteiger partial charge >= 0.3 is 0 Å². The number of sulfonamides is 1. The van der Waals surface area contributed by atoms with Crippen molar-refractivity contribution >= 4 is 22.0 Å². The van der Waals surface area contributed by atoms with Crippen LogP contribution in [0.1, 0.15) is 5.56 Å². The molecule has 0 aliphatic heterocycles. The summed E-state index contributed by atoms with van der Waals surface area (Å²) in [4.78, 5) is 25.1. The average molecular weight is 333 g/mol. The van der Waals surface area contributed by atoms with Crippen LogP contribution in [0.25, 0.3) is 6.08 Å². The molecule has 2 rings (SSSR count). The Labute approximate surface area is 133 Å². The van der Waals surface area contributed by atoms with E-state index >= 15 is 0 Å². The van der Waals surface area contributed by atoms with E-state index in [0.717, 1.165) is 9.98 Å². The Morgan fingerprint density at radius 3 is 2.48 bits per heavy atom. The molecule has 0 bridgehead atoms. The molecule has 0 unspecified atom stereocenters. The molecule has 1 aromatic carbocycles. The highest BCUT2D eigenvalue weighted by Crippen LogP contribution is 2.02. The number of amides is 1. The van der Waals surface area contributed by atoms with Gasteiger partial charge in [0.05, 0.1) is 0 Å². The maximum Gasteiger partial charge on any atom is 0.254 e. The maximum atomic E-state index is 11.7. The van der Waals surface area contributed by atoms with Crippen molar-refractivity contribution in [1.82, 2.24) is 14.8 Å². The Balaban J connectivity index is 1.91. The zero-order chi connectivity index (χ0) is 16.7. The van der Waals surface area contributed by atoms with E-state index in [1.54, 1.807) is 36.4 Å². The van der Waals surface area contributed by atoms with Crippen molar-refractivity contribution in [3.63, 3.8) is 0 Å². The summed E-state index contributed by atoms with van der Waals surface area (Å²) in [6.45, 7) is -0.287. The van der Waals surface area contributed by atoms with E-state index in [9.17, 15) is 18.0 Å². The molecule has 0 spiro atoms. The van der Waals surface area contributed by atoms with E-state index in [2.05, 4.69) is 0 Å². The molecule has 0 atom stereocenters. The summed E-state index contributed by atoms with van der Waals surface area (Å²) in [7, 11) is -3.83. The topological polar surface area (TPSA) is 97.3 Å². The molecule has 0 aliphatic rings. The standard InChI is InChI=1S/C15H15N3O4S/c19-14(12-18-10-5-4-8-15(18)20)16-17-23(21,22)11-9-13-6-2-1-3-7-13/h1-11,17H,12H2,(H,16,19)/b11-9+. The first kappa shape index (κ1) is 16.7. The summed E-state index contributed by atoms with van der Waals surface area (Å²) in [5.74, 6) is -0.657. The molecule has 0 saturated heterocycles. The van der Waals surface area contributed by atoms with Crippen LogP contribution in [0.15, 0.2) is 64.9 Å². The summed E-state index contributed by atoms with van der Waals surface area (Å²) < 4.78 is 24.6. The molecular weight excluding hydrogens is 318 g/mol. The van der Waals surface area contributed by atoms with Gasteiger partial charge in [-0.25, -0.2) is 8.42 Å². The highest BCUT2D eigenvalue weighted by molar-refractivity contribution is 7.92. The van der Waals surface area contributed by atoms with E-state index in [4.69, 9.17) is 0 Å². The van der Waals surface area contributed by atoms with Gasteiger partial charge in [0.15, 0.2) is 0 Å². The van der Waals surface area contributed by atoms with Gasteiger partial charge in [-0.1, -0.05) is 36.4 Å². The van der Waals surface area contributed by atoms with Gasteiger partial charge in [0.2, 0.25) is 0 Å².